The second-order valence-electron chi connectivity index (χ2n) is 2.90. The molecule has 1 aromatic rings. The Bertz CT molecular complexity index is 292. The number of benzene rings is 1. The van der Waals surface area contributed by atoms with Crippen LogP contribution in [-0.4, -0.2) is 25.5 Å². The third kappa shape index (κ3) is 2.21. The fourth-order valence-corrected chi connectivity index (χ4v) is 1.26. The molecule has 0 fully saturated rings. The standard InChI is InChI=1S/C10H12N3/c1-2-4-9(5-3-1)13-8-10-11-6-7-12-10/h2-5,13H,6-8H2,(H,11,12). The van der Waals surface area contributed by atoms with Crippen molar-refractivity contribution in [1.82, 2.24) is 5.32 Å². The number of anilines is 1. The van der Waals surface area contributed by atoms with E-state index in [1.807, 2.05) is 24.3 Å². The number of nitrogens with zero attached hydrogens (tertiary/aromatic N) is 1. The summed E-state index contributed by atoms with van der Waals surface area (Å²) in [4.78, 5) is 4.29. The van der Waals surface area contributed by atoms with Gasteiger partial charge in [0.25, 0.3) is 0 Å². The second-order valence-corrected chi connectivity index (χ2v) is 2.90. The molecule has 3 nitrogen and oxygen atoms in total. The first-order valence-electron chi connectivity index (χ1n) is 4.42. The smallest absolute Gasteiger partial charge is 0.116 e. The van der Waals surface area contributed by atoms with Crippen molar-refractivity contribution in [3.8, 4) is 0 Å². The Hall–Kier alpha value is -1.51. The molecule has 3 heteroatoms. The third-order valence-corrected chi connectivity index (χ3v) is 1.92. The largest absolute Gasteiger partial charge is 0.378 e. The predicted molar refractivity (Wildman–Crippen MR) is 54.1 cm³/mol. The van der Waals surface area contributed by atoms with E-state index in [0.717, 1.165) is 31.2 Å². The Morgan fingerprint density at radius 3 is 3.00 bits per heavy atom. The van der Waals surface area contributed by atoms with E-state index in [1.54, 1.807) is 0 Å². The topological polar surface area (TPSA) is 36.4 Å². The molecule has 1 aromatic carbocycles. The Labute approximate surface area is 77.9 Å². The zero-order valence-corrected chi connectivity index (χ0v) is 7.38. The minimum absolute atomic E-state index is 0.782. The van der Waals surface area contributed by atoms with Gasteiger partial charge >= 0.3 is 0 Å². The van der Waals surface area contributed by atoms with E-state index in [9.17, 15) is 0 Å². The van der Waals surface area contributed by atoms with Gasteiger partial charge in [-0.1, -0.05) is 12.1 Å². The molecule has 0 unspecified atom stereocenters. The summed E-state index contributed by atoms with van der Waals surface area (Å²) in [6.45, 7) is 2.66. The Kier molecular flexibility index (Phi) is 2.45. The predicted octanol–water partition coefficient (Wildman–Crippen LogP) is 0.900. The van der Waals surface area contributed by atoms with Crippen LogP contribution in [0.25, 0.3) is 0 Å². The fraction of sp³-hybridized carbons (Fsp3) is 0.300. The molecule has 1 aliphatic rings. The number of hydrogen-bond acceptors (Lipinski definition) is 3. The molecule has 1 radical (unpaired) electrons. The monoisotopic (exact) mass is 174 g/mol. The van der Waals surface area contributed by atoms with Crippen molar-refractivity contribution in [2.75, 3.05) is 25.0 Å². The molecule has 67 valence electrons. The molecule has 0 saturated carbocycles. The Morgan fingerprint density at radius 1 is 1.46 bits per heavy atom. The first-order valence-corrected chi connectivity index (χ1v) is 4.42. The van der Waals surface area contributed by atoms with Gasteiger partial charge in [0.05, 0.1) is 13.1 Å². The number of rotatable bonds is 3. The highest BCUT2D eigenvalue weighted by molar-refractivity contribution is 5.87. The first kappa shape index (κ1) is 8.10. The van der Waals surface area contributed by atoms with Crippen molar-refractivity contribution in [2.24, 2.45) is 4.99 Å². The summed E-state index contributed by atoms with van der Waals surface area (Å²) < 4.78 is 0. The van der Waals surface area contributed by atoms with E-state index in [4.69, 9.17) is 0 Å². The van der Waals surface area contributed by atoms with Gasteiger partial charge in [0.15, 0.2) is 0 Å². The van der Waals surface area contributed by atoms with Crippen molar-refractivity contribution < 1.29 is 0 Å². The Morgan fingerprint density at radius 2 is 2.31 bits per heavy atom. The van der Waals surface area contributed by atoms with E-state index in [2.05, 4.69) is 21.7 Å². The summed E-state index contributed by atoms with van der Waals surface area (Å²) in [5, 5.41) is 6.48. The van der Waals surface area contributed by atoms with Crippen molar-refractivity contribution in [2.45, 2.75) is 0 Å². The molecule has 0 spiro atoms. The maximum Gasteiger partial charge on any atom is 0.116 e. The lowest BCUT2D eigenvalue weighted by Gasteiger charge is -2.05. The number of aliphatic imine (C=N–C) groups is 1. The highest BCUT2D eigenvalue weighted by atomic mass is 15.1. The summed E-state index contributed by atoms with van der Waals surface area (Å²) in [7, 11) is 0. The van der Waals surface area contributed by atoms with E-state index >= 15 is 0 Å². The van der Waals surface area contributed by atoms with Crippen molar-refractivity contribution in [3.05, 3.63) is 30.3 Å². The summed E-state index contributed by atoms with van der Waals surface area (Å²) in [5.74, 6) is 1.05. The van der Waals surface area contributed by atoms with E-state index in [1.165, 1.54) is 0 Å². The van der Waals surface area contributed by atoms with Crippen LogP contribution in [0.1, 0.15) is 0 Å². The van der Waals surface area contributed by atoms with Crippen LogP contribution in [0.3, 0.4) is 0 Å². The van der Waals surface area contributed by atoms with Crippen LogP contribution >= 0.6 is 0 Å². The molecule has 0 aromatic heterocycles. The van der Waals surface area contributed by atoms with Gasteiger partial charge in [-0.3, -0.25) is 4.99 Å². The molecular weight excluding hydrogens is 162 g/mol. The maximum atomic E-state index is 4.29. The van der Waals surface area contributed by atoms with Crippen LogP contribution < -0.4 is 10.6 Å². The van der Waals surface area contributed by atoms with Crippen LogP contribution in [0.5, 0.6) is 0 Å². The number of nitrogens with one attached hydrogen (secondary N) is 2. The molecule has 1 aliphatic heterocycles. The minimum atomic E-state index is 0.782. The SMILES string of the molecule is [c]1ccc(NCC2=NCCN2)cc1. The van der Waals surface area contributed by atoms with Gasteiger partial charge in [-0.2, -0.15) is 0 Å². The summed E-state index contributed by atoms with van der Waals surface area (Å²) in [6.07, 6.45) is 0. The van der Waals surface area contributed by atoms with Gasteiger partial charge in [-0.05, 0) is 18.2 Å². The third-order valence-electron chi connectivity index (χ3n) is 1.92. The highest BCUT2D eigenvalue weighted by Crippen LogP contribution is 2.03. The van der Waals surface area contributed by atoms with Crippen LogP contribution in [0.15, 0.2) is 29.3 Å². The highest BCUT2D eigenvalue weighted by Gasteiger charge is 2.02. The van der Waals surface area contributed by atoms with Crippen LogP contribution in [0.4, 0.5) is 5.69 Å². The summed E-state index contributed by atoms with van der Waals surface area (Å²) in [5.41, 5.74) is 1.11. The van der Waals surface area contributed by atoms with Crippen LogP contribution in [0, 0.1) is 6.07 Å². The molecular formula is C10H12N3. The average Bonchev–Trinajstić information content (AvgIpc) is 2.69. The van der Waals surface area contributed by atoms with E-state index in [0.29, 0.717) is 0 Å². The van der Waals surface area contributed by atoms with Crippen LogP contribution in [-0.2, 0) is 0 Å². The summed E-state index contributed by atoms with van der Waals surface area (Å²) >= 11 is 0. The summed E-state index contributed by atoms with van der Waals surface area (Å²) in [6, 6.07) is 10.8. The molecule has 13 heavy (non-hydrogen) atoms. The molecule has 0 atom stereocenters. The van der Waals surface area contributed by atoms with Gasteiger partial charge < -0.3 is 10.6 Å². The van der Waals surface area contributed by atoms with Crippen molar-refractivity contribution in [3.63, 3.8) is 0 Å². The van der Waals surface area contributed by atoms with Gasteiger partial charge in [-0.25, -0.2) is 0 Å². The maximum absolute atomic E-state index is 4.29. The average molecular weight is 174 g/mol. The lowest BCUT2D eigenvalue weighted by atomic mass is 10.3. The molecule has 2 N–H and O–H groups in total. The van der Waals surface area contributed by atoms with Gasteiger partial charge in [0.1, 0.15) is 5.84 Å². The number of amidine groups is 1. The molecule has 0 aliphatic carbocycles. The molecule has 1 heterocycles. The van der Waals surface area contributed by atoms with Crippen molar-refractivity contribution in [1.29, 1.82) is 0 Å². The minimum Gasteiger partial charge on any atom is -0.378 e. The molecule has 2 rings (SSSR count). The molecule has 0 bridgehead atoms. The van der Waals surface area contributed by atoms with E-state index < -0.39 is 0 Å². The van der Waals surface area contributed by atoms with Gasteiger partial charge in [0, 0.05) is 12.2 Å². The van der Waals surface area contributed by atoms with Crippen molar-refractivity contribution >= 4 is 11.5 Å². The lowest BCUT2D eigenvalue weighted by molar-refractivity contribution is 0.956. The van der Waals surface area contributed by atoms with Gasteiger partial charge in [0.2, 0.25) is 0 Å². The normalized spacial score (nSPS) is 14.9. The fourth-order valence-electron chi connectivity index (χ4n) is 1.26. The zero-order valence-electron chi connectivity index (χ0n) is 7.38. The lowest BCUT2D eigenvalue weighted by Crippen LogP contribution is -2.25. The van der Waals surface area contributed by atoms with E-state index in [-0.39, 0.29) is 0 Å². The van der Waals surface area contributed by atoms with Gasteiger partial charge in [-0.15, -0.1) is 0 Å². The quantitative estimate of drug-likeness (QED) is 0.714. The second kappa shape index (κ2) is 3.94. The zero-order chi connectivity index (χ0) is 8.93. The Balaban J connectivity index is 1.86. The number of hydrogen-bond donors (Lipinski definition) is 2. The first-order chi connectivity index (χ1) is 6.45. The molecule has 0 amide bonds. The molecule has 0 saturated heterocycles. The van der Waals surface area contributed by atoms with Crippen LogP contribution in [0.2, 0.25) is 0 Å².